The van der Waals surface area contributed by atoms with Crippen LogP contribution >= 0.6 is 23.1 Å². The number of carbonyl (C=O) groups excluding carboxylic acids is 1. The van der Waals surface area contributed by atoms with E-state index in [0.29, 0.717) is 11.3 Å². The molecule has 4 rings (SSSR count). The number of nitrogens with zero attached hydrogens (tertiary/aromatic N) is 5. The first-order valence-corrected chi connectivity index (χ1v) is 13.1. The normalized spacial score (nSPS) is 17.2. The van der Waals surface area contributed by atoms with E-state index in [1.165, 1.54) is 28.6 Å². The molecule has 0 fully saturated rings. The third kappa shape index (κ3) is 4.75. The molecule has 3 aromatic heterocycles. The molecule has 1 aliphatic rings. The lowest BCUT2D eigenvalue weighted by molar-refractivity contribution is -0.115. The summed E-state index contributed by atoms with van der Waals surface area (Å²) in [6.07, 6.45) is 3.53. The summed E-state index contributed by atoms with van der Waals surface area (Å²) < 4.78 is 3.79. The molecule has 178 valence electrons. The van der Waals surface area contributed by atoms with Gasteiger partial charge < -0.3 is 9.88 Å². The highest BCUT2D eigenvalue weighted by Gasteiger charge is 2.30. The predicted octanol–water partition coefficient (Wildman–Crippen LogP) is 5.16. The fourth-order valence-electron chi connectivity index (χ4n) is 4.40. The summed E-state index contributed by atoms with van der Waals surface area (Å²) in [5.74, 6) is 1.52. The van der Waals surface area contributed by atoms with Gasteiger partial charge in [0.1, 0.15) is 0 Å². The molecule has 2 unspecified atom stereocenters. The van der Waals surface area contributed by atoms with Crippen molar-refractivity contribution in [1.82, 2.24) is 24.5 Å². The zero-order valence-electron chi connectivity index (χ0n) is 20.8. The Labute approximate surface area is 204 Å². The number of thioether (sulfide) groups is 1. The number of anilines is 1. The van der Waals surface area contributed by atoms with Crippen molar-refractivity contribution >= 4 is 34.7 Å². The van der Waals surface area contributed by atoms with Crippen LogP contribution in [-0.2, 0) is 31.7 Å². The number of hydrogen-bond donors (Lipinski definition) is 1. The third-order valence-electron chi connectivity index (χ3n) is 6.77. The first kappa shape index (κ1) is 24.0. The maximum absolute atomic E-state index is 12.8. The lowest BCUT2D eigenvalue weighted by Gasteiger charge is -2.33. The van der Waals surface area contributed by atoms with Gasteiger partial charge in [-0.05, 0) is 63.0 Å². The average molecular weight is 487 g/mol. The van der Waals surface area contributed by atoms with Crippen molar-refractivity contribution in [1.29, 1.82) is 0 Å². The van der Waals surface area contributed by atoms with Crippen LogP contribution < -0.4 is 5.32 Å². The van der Waals surface area contributed by atoms with Crippen molar-refractivity contribution in [3.8, 4) is 10.7 Å². The molecule has 1 N–H and O–H groups in total. The molecule has 0 aliphatic heterocycles. The van der Waals surface area contributed by atoms with Crippen molar-refractivity contribution in [3.05, 3.63) is 27.9 Å². The Kier molecular flexibility index (Phi) is 6.48. The number of aryl methyl sites for hydroxylation is 3. The highest BCUT2D eigenvalue weighted by molar-refractivity contribution is 8.00. The molecule has 7 nitrogen and oxygen atoms in total. The number of fused-ring (bicyclic) bond motifs is 1. The van der Waals surface area contributed by atoms with Gasteiger partial charge in [-0.1, -0.05) is 32.5 Å². The fraction of sp³-hybridized carbons (Fsp3) is 0.583. The van der Waals surface area contributed by atoms with Gasteiger partial charge in [-0.2, -0.15) is 5.10 Å². The molecule has 0 saturated heterocycles. The van der Waals surface area contributed by atoms with Crippen molar-refractivity contribution in [2.45, 2.75) is 71.2 Å². The van der Waals surface area contributed by atoms with Crippen LogP contribution in [0.15, 0.2) is 11.2 Å². The van der Waals surface area contributed by atoms with Gasteiger partial charge in [-0.3, -0.25) is 9.48 Å². The zero-order valence-corrected chi connectivity index (χ0v) is 22.4. The molecule has 0 saturated carbocycles. The Morgan fingerprint density at radius 3 is 2.64 bits per heavy atom. The number of amides is 1. The molecule has 3 aromatic rings. The van der Waals surface area contributed by atoms with E-state index in [-0.39, 0.29) is 11.2 Å². The minimum atomic E-state index is -0.316. The Morgan fingerprint density at radius 1 is 1.27 bits per heavy atom. The second-order valence-electron chi connectivity index (χ2n) is 10.1. The molecule has 2 atom stereocenters. The molecule has 0 radical (unpaired) electrons. The topological polar surface area (TPSA) is 77.6 Å². The second-order valence-corrected chi connectivity index (χ2v) is 12.6. The summed E-state index contributed by atoms with van der Waals surface area (Å²) in [5, 5.41) is 16.7. The number of hydrogen-bond acceptors (Lipinski definition) is 6. The Morgan fingerprint density at radius 2 is 2.00 bits per heavy atom. The standard InChI is InChI=1S/C24H34N6OS2/c1-13-20(14(2)30(8)28-13)25-22(31)15(3)32-23-27-26-21(29(23)7)19-12-16-11-17(24(4,5)6)9-10-18(16)33-19/h12,15,17H,9-11H2,1-8H3,(H,25,31). The highest BCUT2D eigenvalue weighted by Crippen LogP contribution is 2.42. The minimum Gasteiger partial charge on any atom is -0.322 e. The first-order valence-electron chi connectivity index (χ1n) is 11.4. The minimum absolute atomic E-state index is 0.0661. The van der Waals surface area contributed by atoms with E-state index in [1.807, 2.05) is 50.8 Å². The van der Waals surface area contributed by atoms with Crippen LogP contribution in [0.25, 0.3) is 10.7 Å². The van der Waals surface area contributed by atoms with E-state index in [9.17, 15) is 4.79 Å². The van der Waals surface area contributed by atoms with Crippen LogP contribution in [0.4, 0.5) is 5.69 Å². The number of aromatic nitrogens is 5. The number of nitrogens with one attached hydrogen (secondary N) is 1. The lowest BCUT2D eigenvalue weighted by Crippen LogP contribution is -2.26. The number of rotatable bonds is 5. The Balaban J connectivity index is 1.47. The Bertz CT molecular complexity index is 1180. The van der Waals surface area contributed by atoms with E-state index < -0.39 is 0 Å². The largest absolute Gasteiger partial charge is 0.322 e. The molecule has 9 heteroatoms. The molecule has 0 bridgehead atoms. The van der Waals surface area contributed by atoms with Gasteiger partial charge in [0.05, 0.1) is 27.2 Å². The summed E-state index contributed by atoms with van der Waals surface area (Å²) in [6.45, 7) is 12.8. The van der Waals surface area contributed by atoms with Gasteiger partial charge in [0.15, 0.2) is 11.0 Å². The third-order valence-corrected chi connectivity index (χ3v) is 9.14. The van der Waals surface area contributed by atoms with Gasteiger partial charge in [-0.25, -0.2) is 0 Å². The van der Waals surface area contributed by atoms with E-state index in [2.05, 4.69) is 47.5 Å². The van der Waals surface area contributed by atoms with Crippen LogP contribution in [0.1, 0.15) is 55.9 Å². The second kappa shape index (κ2) is 8.91. The van der Waals surface area contributed by atoms with E-state index in [4.69, 9.17) is 0 Å². The van der Waals surface area contributed by atoms with E-state index in [0.717, 1.165) is 45.8 Å². The van der Waals surface area contributed by atoms with Crippen LogP contribution in [-0.4, -0.2) is 35.7 Å². The summed E-state index contributed by atoms with van der Waals surface area (Å²) >= 11 is 3.26. The zero-order chi connectivity index (χ0) is 24.1. The molecule has 1 aliphatic carbocycles. The predicted molar refractivity (Wildman–Crippen MR) is 136 cm³/mol. The van der Waals surface area contributed by atoms with Crippen LogP contribution in [0, 0.1) is 25.2 Å². The maximum atomic E-state index is 12.8. The van der Waals surface area contributed by atoms with Crippen molar-refractivity contribution in [2.75, 3.05) is 5.32 Å². The molecular weight excluding hydrogens is 452 g/mol. The fourth-order valence-corrected chi connectivity index (χ4v) is 6.44. The van der Waals surface area contributed by atoms with Gasteiger partial charge in [0, 0.05) is 19.0 Å². The lowest BCUT2D eigenvalue weighted by atomic mass is 9.72. The molecule has 1 amide bonds. The van der Waals surface area contributed by atoms with Crippen molar-refractivity contribution in [3.63, 3.8) is 0 Å². The van der Waals surface area contributed by atoms with E-state index in [1.54, 1.807) is 4.68 Å². The van der Waals surface area contributed by atoms with Crippen LogP contribution in [0.3, 0.4) is 0 Å². The SMILES string of the molecule is Cc1nn(C)c(C)c1NC(=O)C(C)Sc1nnc(-c2cc3c(s2)CCC(C(C)(C)C)C3)n1C. The smallest absolute Gasteiger partial charge is 0.237 e. The van der Waals surface area contributed by atoms with Gasteiger partial charge in [0.2, 0.25) is 5.91 Å². The molecule has 0 aromatic carbocycles. The Hall–Kier alpha value is -2.13. The molecule has 33 heavy (non-hydrogen) atoms. The molecule has 0 spiro atoms. The summed E-state index contributed by atoms with van der Waals surface area (Å²) in [5.41, 5.74) is 4.34. The average Bonchev–Trinajstić information content (AvgIpc) is 3.39. The number of thiophene rings is 1. The summed E-state index contributed by atoms with van der Waals surface area (Å²) in [7, 11) is 3.86. The van der Waals surface area contributed by atoms with Gasteiger partial charge in [0.25, 0.3) is 0 Å². The quantitative estimate of drug-likeness (QED) is 0.504. The summed E-state index contributed by atoms with van der Waals surface area (Å²) in [4.78, 5) is 15.5. The monoisotopic (exact) mass is 486 g/mol. The van der Waals surface area contributed by atoms with Crippen LogP contribution in [0.5, 0.6) is 0 Å². The van der Waals surface area contributed by atoms with Gasteiger partial charge in [-0.15, -0.1) is 21.5 Å². The molecular formula is C24H34N6OS2. The summed E-state index contributed by atoms with van der Waals surface area (Å²) in [6, 6.07) is 2.31. The number of carbonyl (C=O) groups is 1. The highest BCUT2D eigenvalue weighted by atomic mass is 32.2. The van der Waals surface area contributed by atoms with Gasteiger partial charge >= 0.3 is 0 Å². The van der Waals surface area contributed by atoms with Crippen molar-refractivity contribution in [2.24, 2.45) is 25.4 Å². The molecule has 3 heterocycles. The maximum Gasteiger partial charge on any atom is 0.237 e. The van der Waals surface area contributed by atoms with Crippen LogP contribution in [0.2, 0.25) is 0 Å². The first-order chi connectivity index (χ1) is 15.5. The van der Waals surface area contributed by atoms with Crippen molar-refractivity contribution < 1.29 is 4.79 Å². The van der Waals surface area contributed by atoms with E-state index >= 15 is 0 Å².